The topological polar surface area (TPSA) is 75.3 Å². The standard InChI is InChI=1S/C18H19N5OS/c1-3-13-11(2)25-17-14(13)16-20-15(12-7-5-4-6-8-12)22-23(16)18(21-17)19-9-10-24/h4-8,24H,3,9-10H2,1-2H3,(H,19,21). The van der Waals surface area contributed by atoms with Gasteiger partial charge in [0.25, 0.3) is 0 Å². The normalized spacial score (nSPS) is 11.5. The van der Waals surface area contributed by atoms with E-state index in [1.165, 1.54) is 10.4 Å². The Morgan fingerprint density at radius 3 is 2.72 bits per heavy atom. The molecule has 0 atom stereocenters. The van der Waals surface area contributed by atoms with Crippen LogP contribution in [0.15, 0.2) is 30.3 Å². The number of hydrogen-bond donors (Lipinski definition) is 2. The Labute approximate surface area is 149 Å². The highest BCUT2D eigenvalue weighted by atomic mass is 32.1. The van der Waals surface area contributed by atoms with Gasteiger partial charge in [0.2, 0.25) is 5.95 Å². The van der Waals surface area contributed by atoms with Gasteiger partial charge in [-0.05, 0) is 18.9 Å². The van der Waals surface area contributed by atoms with Crippen molar-refractivity contribution < 1.29 is 5.11 Å². The van der Waals surface area contributed by atoms with Gasteiger partial charge in [0, 0.05) is 17.0 Å². The molecular weight excluding hydrogens is 334 g/mol. The van der Waals surface area contributed by atoms with Gasteiger partial charge in [-0.25, -0.2) is 9.97 Å². The van der Waals surface area contributed by atoms with Crippen molar-refractivity contribution in [2.75, 3.05) is 18.5 Å². The molecule has 3 heterocycles. The van der Waals surface area contributed by atoms with Crippen LogP contribution in [0, 0.1) is 6.92 Å². The van der Waals surface area contributed by atoms with Crippen molar-refractivity contribution in [2.45, 2.75) is 20.3 Å². The highest BCUT2D eigenvalue weighted by molar-refractivity contribution is 7.18. The second kappa shape index (κ2) is 6.42. The van der Waals surface area contributed by atoms with E-state index in [1.807, 2.05) is 30.3 Å². The van der Waals surface area contributed by atoms with Crippen molar-refractivity contribution in [3.05, 3.63) is 40.8 Å². The van der Waals surface area contributed by atoms with Gasteiger partial charge in [0.15, 0.2) is 11.5 Å². The number of nitrogens with zero attached hydrogens (tertiary/aromatic N) is 4. The van der Waals surface area contributed by atoms with Gasteiger partial charge in [0.1, 0.15) is 4.83 Å². The minimum atomic E-state index is 0.0329. The number of thiophene rings is 1. The molecule has 3 aromatic heterocycles. The molecule has 0 bridgehead atoms. The number of aliphatic hydroxyl groups excluding tert-OH is 1. The fourth-order valence-electron chi connectivity index (χ4n) is 3.05. The first-order valence-electron chi connectivity index (χ1n) is 8.31. The molecule has 6 nitrogen and oxygen atoms in total. The van der Waals surface area contributed by atoms with Crippen LogP contribution in [0.2, 0.25) is 0 Å². The molecule has 0 spiro atoms. The lowest BCUT2D eigenvalue weighted by molar-refractivity contribution is 0.310. The van der Waals surface area contributed by atoms with Gasteiger partial charge in [-0.15, -0.1) is 16.4 Å². The van der Waals surface area contributed by atoms with Gasteiger partial charge >= 0.3 is 0 Å². The zero-order valence-corrected chi connectivity index (χ0v) is 15.0. The van der Waals surface area contributed by atoms with E-state index in [0.717, 1.165) is 27.8 Å². The zero-order valence-electron chi connectivity index (χ0n) is 14.2. The van der Waals surface area contributed by atoms with E-state index in [0.29, 0.717) is 18.3 Å². The maximum absolute atomic E-state index is 9.15. The Hall–Kier alpha value is -2.51. The molecule has 0 aliphatic heterocycles. The highest BCUT2D eigenvalue weighted by Gasteiger charge is 2.19. The first-order valence-corrected chi connectivity index (χ1v) is 9.13. The monoisotopic (exact) mass is 353 g/mol. The molecule has 0 saturated heterocycles. The zero-order chi connectivity index (χ0) is 17.4. The summed E-state index contributed by atoms with van der Waals surface area (Å²) in [6.45, 7) is 4.72. The first kappa shape index (κ1) is 16.0. The molecular formula is C18H19N5OS. The van der Waals surface area contributed by atoms with Gasteiger partial charge in [-0.1, -0.05) is 37.3 Å². The summed E-state index contributed by atoms with van der Waals surface area (Å²) < 4.78 is 1.76. The minimum absolute atomic E-state index is 0.0329. The summed E-state index contributed by atoms with van der Waals surface area (Å²) in [5.74, 6) is 1.28. The van der Waals surface area contributed by atoms with Crippen LogP contribution in [0.5, 0.6) is 0 Å². The summed E-state index contributed by atoms with van der Waals surface area (Å²) in [7, 11) is 0. The van der Waals surface area contributed by atoms with Crippen molar-refractivity contribution in [3.8, 4) is 11.4 Å². The second-order valence-corrected chi connectivity index (χ2v) is 7.00. The van der Waals surface area contributed by atoms with Crippen LogP contribution in [0.25, 0.3) is 27.3 Å². The van der Waals surface area contributed by atoms with Crippen LogP contribution in [0.4, 0.5) is 5.95 Å². The average molecular weight is 353 g/mol. The Bertz CT molecular complexity index is 1040. The van der Waals surface area contributed by atoms with Crippen LogP contribution in [0.3, 0.4) is 0 Å². The van der Waals surface area contributed by atoms with Crippen LogP contribution in [-0.2, 0) is 6.42 Å². The quantitative estimate of drug-likeness (QED) is 0.576. The lowest BCUT2D eigenvalue weighted by Gasteiger charge is -2.06. The Morgan fingerprint density at radius 1 is 1.20 bits per heavy atom. The number of hydrogen-bond acceptors (Lipinski definition) is 6. The third kappa shape index (κ3) is 2.65. The van der Waals surface area contributed by atoms with Crippen LogP contribution in [-0.4, -0.2) is 37.8 Å². The molecule has 4 aromatic rings. The van der Waals surface area contributed by atoms with E-state index in [2.05, 4.69) is 24.3 Å². The second-order valence-electron chi connectivity index (χ2n) is 5.79. The van der Waals surface area contributed by atoms with Crippen molar-refractivity contribution in [2.24, 2.45) is 0 Å². The summed E-state index contributed by atoms with van der Waals surface area (Å²) in [5, 5.41) is 18.0. The predicted molar refractivity (Wildman–Crippen MR) is 101 cm³/mol. The fourth-order valence-corrected chi connectivity index (χ4v) is 4.16. The van der Waals surface area contributed by atoms with Gasteiger partial charge in [-0.2, -0.15) is 4.52 Å². The van der Waals surface area contributed by atoms with Gasteiger partial charge in [0.05, 0.1) is 12.0 Å². The van der Waals surface area contributed by atoms with E-state index < -0.39 is 0 Å². The third-order valence-corrected chi connectivity index (χ3v) is 5.25. The molecule has 4 rings (SSSR count). The van der Waals surface area contributed by atoms with Gasteiger partial charge < -0.3 is 10.4 Å². The summed E-state index contributed by atoms with van der Waals surface area (Å²) in [6, 6.07) is 9.93. The highest BCUT2D eigenvalue weighted by Crippen LogP contribution is 2.34. The van der Waals surface area contributed by atoms with E-state index >= 15 is 0 Å². The number of aryl methyl sites for hydroxylation is 2. The fraction of sp³-hybridized carbons (Fsp3) is 0.278. The third-order valence-electron chi connectivity index (χ3n) is 4.21. The molecule has 128 valence electrons. The molecule has 1 aromatic carbocycles. The predicted octanol–water partition coefficient (Wildman–Crippen LogP) is 3.28. The summed E-state index contributed by atoms with van der Waals surface area (Å²) in [6.07, 6.45) is 0.931. The largest absolute Gasteiger partial charge is 0.395 e. The molecule has 0 aliphatic rings. The average Bonchev–Trinajstić information content (AvgIpc) is 3.20. The number of nitrogens with one attached hydrogen (secondary N) is 1. The van der Waals surface area contributed by atoms with Crippen LogP contribution >= 0.6 is 11.3 Å². The molecule has 0 fully saturated rings. The summed E-state index contributed by atoms with van der Waals surface area (Å²) in [5.41, 5.74) is 3.06. The van der Waals surface area contributed by atoms with Crippen molar-refractivity contribution in [3.63, 3.8) is 0 Å². The lowest BCUT2D eigenvalue weighted by atomic mass is 10.1. The number of benzene rings is 1. The maximum Gasteiger partial charge on any atom is 0.227 e. The molecule has 2 N–H and O–H groups in total. The van der Waals surface area contributed by atoms with E-state index in [1.54, 1.807) is 15.9 Å². The minimum Gasteiger partial charge on any atom is -0.395 e. The maximum atomic E-state index is 9.15. The van der Waals surface area contributed by atoms with Crippen molar-refractivity contribution in [1.29, 1.82) is 0 Å². The molecule has 0 aliphatic carbocycles. The molecule has 0 amide bonds. The Balaban J connectivity index is 2.02. The van der Waals surface area contributed by atoms with E-state index in [9.17, 15) is 0 Å². The molecule has 0 radical (unpaired) electrons. The van der Waals surface area contributed by atoms with E-state index in [4.69, 9.17) is 15.1 Å². The smallest absolute Gasteiger partial charge is 0.227 e. The molecule has 25 heavy (non-hydrogen) atoms. The first-order chi connectivity index (χ1) is 12.2. The van der Waals surface area contributed by atoms with Gasteiger partial charge in [-0.3, -0.25) is 0 Å². The number of fused-ring (bicyclic) bond motifs is 3. The SMILES string of the molecule is CCc1c(C)sc2nc(NCCO)n3nc(-c4ccccc4)nc3c12. The number of aromatic nitrogens is 4. The summed E-state index contributed by atoms with van der Waals surface area (Å²) in [4.78, 5) is 11.8. The summed E-state index contributed by atoms with van der Waals surface area (Å²) >= 11 is 1.68. The van der Waals surface area contributed by atoms with Crippen LogP contribution in [0.1, 0.15) is 17.4 Å². The molecule has 0 unspecified atom stereocenters. The Morgan fingerprint density at radius 2 is 2.00 bits per heavy atom. The number of rotatable bonds is 5. The van der Waals surface area contributed by atoms with Crippen molar-refractivity contribution in [1.82, 2.24) is 19.6 Å². The number of anilines is 1. The van der Waals surface area contributed by atoms with Crippen molar-refractivity contribution >= 4 is 33.1 Å². The number of aliphatic hydroxyl groups is 1. The molecule has 7 heteroatoms. The lowest BCUT2D eigenvalue weighted by Crippen LogP contribution is -2.11. The Kier molecular flexibility index (Phi) is 4.10. The van der Waals surface area contributed by atoms with E-state index in [-0.39, 0.29) is 6.61 Å². The van der Waals surface area contributed by atoms with Crippen LogP contribution < -0.4 is 5.32 Å². The molecule has 0 saturated carbocycles.